The van der Waals surface area contributed by atoms with Gasteiger partial charge in [-0.2, -0.15) is 8.42 Å². The van der Waals surface area contributed by atoms with Gasteiger partial charge in [0.1, 0.15) is 17.4 Å². The van der Waals surface area contributed by atoms with E-state index in [9.17, 15) is 8.42 Å². The van der Waals surface area contributed by atoms with Gasteiger partial charge in [-0.25, -0.2) is 0 Å². The Morgan fingerprint density at radius 3 is 2.83 bits per heavy atom. The highest BCUT2D eigenvalue weighted by Gasteiger charge is 2.33. The van der Waals surface area contributed by atoms with Crippen LogP contribution in [0.15, 0.2) is 57.2 Å². The average molecular weight is 559 g/mol. The van der Waals surface area contributed by atoms with Gasteiger partial charge < -0.3 is 9.32 Å². The molecular weight excluding hydrogens is 540 g/mol. The third-order valence-electron chi connectivity index (χ3n) is 6.15. The zero-order valence-corrected chi connectivity index (χ0v) is 22.1. The van der Waals surface area contributed by atoms with Crippen molar-refractivity contribution in [2.24, 2.45) is 4.99 Å². The number of aromatic nitrogens is 3. The number of benzene rings is 1. The predicted octanol–water partition coefficient (Wildman–Crippen LogP) is 3.86. The van der Waals surface area contributed by atoms with Gasteiger partial charge in [-0.15, -0.1) is 21.5 Å². The smallest absolute Gasteiger partial charge is 0.297 e. The Hall–Kier alpha value is -3.06. The Labute approximate surface area is 221 Å². The van der Waals surface area contributed by atoms with Gasteiger partial charge in [-0.3, -0.25) is 14.3 Å². The number of aliphatic imine (C=N–C) groups is 1. The van der Waals surface area contributed by atoms with Gasteiger partial charge in [0.2, 0.25) is 5.09 Å². The molecule has 0 fully saturated rings. The van der Waals surface area contributed by atoms with Crippen LogP contribution in [0.1, 0.15) is 33.2 Å². The predicted molar refractivity (Wildman–Crippen MR) is 141 cm³/mol. The van der Waals surface area contributed by atoms with Crippen LogP contribution in [0, 0.1) is 6.92 Å². The maximum atomic E-state index is 12.6. The van der Waals surface area contributed by atoms with Crippen LogP contribution in [-0.2, 0) is 29.5 Å². The molecule has 36 heavy (non-hydrogen) atoms. The summed E-state index contributed by atoms with van der Waals surface area (Å²) in [6.45, 7) is 3.31. The van der Waals surface area contributed by atoms with Gasteiger partial charge in [0.05, 0.1) is 18.5 Å². The fourth-order valence-electron chi connectivity index (χ4n) is 4.49. The number of fused-ring (bicyclic) bond motifs is 5. The molecule has 0 bridgehead atoms. The van der Waals surface area contributed by atoms with Crippen LogP contribution in [0.4, 0.5) is 0 Å². The van der Waals surface area contributed by atoms with Crippen molar-refractivity contribution in [2.75, 3.05) is 6.54 Å². The van der Waals surface area contributed by atoms with Crippen LogP contribution in [0.2, 0.25) is 5.02 Å². The number of nitrogens with zero attached hydrogens (tertiary/aromatic N) is 5. The second-order valence-corrected chi connectivity index (χ2v) is 11.8. The van der Waals surface area contributed by atoms with E-state index >= 15 is 0 Å². The Balaban J connectivity index is 1.40. The van der Waals surface area contributed by atoms with Crippen molar-refractivity contribution >= 4 is 56.0 Å². The van der Waals surface area contributed by atoms with Crippen LogP contribution in [0.25, 0.3) is 5.00 Å². The van der Waals surface area contributed by atoms with Crippen molar-refractivity contribution in [3.8, 4) is 5.00 Å². The largest absolute Gasteiger partial charge is 0.451 e. The number of halogens is 1. The number of sulfonamides is 1. The first-order valence-electron chi connectivity index (χ1n) is 11.0. The summed E-state index contributed by atoms with van der Waals surface area (Å²) in [5.74, 6) is 1.53. The minimum Gasteiger partial charge on any atom is -0.451 e. The quantitative estimate of drug-likeness (QED) is 0.381. The van der Waals surface area contributed by atoms with Crippen LogP contribution >= 0.6 is 35.2 Å². The number of nitrogens with one attached hydrogen (secondary N) is 1. The summed E-state index contributed by atoms with van der Waals surface area (Å²) in [5, 5.41) is 10.2. The number of hydrogen-bond donors (Lipinski definition) is 1. The third-order valence-corrected chi connectivity index (χ3v) is 9.39. The first-order valence-corrected chi connectivity index (χ1v) is 14.1. The van der Waals surface area contributed by atoms with Crippen molar-refractivity contribution in [3.63, 3.8) is 0 Å². The standard InChI is InChI=1S/C23H19ClN6O3S3/c1-13-26-27-18-11-25-21(14-5-2-3-6-16(14)24)20-15-8-9-29(12-17(15)35-22(20)30(13)18)23(34)28-36(31,32)19-7-4-10-33-19/h2-7,10H,8-9,11-12H2,1H3,(H,28,34). The molecule has 1 N–H and O–H groups in total. The molecule has 3 aromatic heterocycles. The molecule has 184 valence electrons. The van der Waals surface area contributed by atoms with Gasteiger partial charge in [-0.1, -0.05) is 29.8 Å². The zero-order chi connectivity index (χ0) is 25.0. The Kier molecular flexibility index (Phi) is 5.71. The number of thiocarbonyl (C=S) groups is 1. The SMILES string of the molecule is Cc1nnc2n1-c1sc3c(c1C(c1ccccc1Cl)=NC2)CCN(C(=S)NS(=O)(=O)c1ccco1)C3. The van der Waals surface area contributed by atoms with Crippen molar-refractivity contribution < 1.29 is 12.8 Å². The minimum absolute atomic E-state index is 0.127. The first-order chi connectivity index (χ1) is 17.3. The molecule has 0 radical (unpaired) electrons. The fraction of sp³-hybridized carbons (Fsp3) is 0.217. The molecule has 2 aliphatic rings. The first kappa shape index (κ1) is 23.3. The summed E-state index contributed by atoms with van der Waals surface area (Å²) >= 11 is 13.7. The summed E-state index contributed by atoms with van der Waals surface area (Å²) < 4.78 is 34.8. The maximum Gasteiger partial charge on any atom is 0.297 e. The molecular formula is C23H19ClN6O3S3. The van der Waals surface area contributed by atoms with Crippen molar-refractivity contribution in [1.82, 2.24) is 24.4 Å². The molecule has 0 atom stereocenters. The highest BCUT2D eigenvalue weighted by Crippen LogP contribution is 2.40. The topological polar surface area (TPSA) is 106 Å². The van der Waals surface area contributed by atoms with Gasteiger partial charge in [0, 0.05) is 27.6 Å². The van der Waals surface area contributed by atoms with E-state index in [-0.39, 0.29) is 10.2 Å². The summed E-state index contributed by atoms with van der Waals surface area (Å²) in [7, 11) is -3.89. The van der Waals surface area contributed by atoms with Gasteiger partial charge in [0.25, 0.3) is 10.0 Å². The summed E-state index contributed by atoms with van der Waals surface area (Å²) in [6, 6.07) is 10.6. The van der Waals surface area contributed by atoms with Crippen molar-refractivity contribution in [3.05, 3.63) is 80.9 Å². The monoisotopic (exact) mass is 558 g/mol. The number of hydrogen-bond acceptors (Lipinski definition) is 8. The second kappa shape index (κ2) is 8.80. The Morgan fingerprint density at radius 2 is 2.06 bits per heavy atom. The summed E-state index contributed by atoms with van der Waals surface area (Å²) in [6.07, 6.45) is 1.96. The second-order valence-electron chi connectivity index (χ2n) is 8.34. The molecule has 1 aromatic carbocycles. The van der Waals surface area contributed by atoms with Crippen LogP contribution in [0.3, 0.4) is 0 Å². The van der Waals surface area contributed by atoms with E-state index in [4.69, 9.17) is 33.2 Å². The molecule has 0 saturated carbocycles. The molecule has 2 aliphatic heterocycles. The molecule has 4 aromatic rings. The molecule has 13 heteroatoms. The molecule has 0 spiro atoms. The number of rotatable bonds is 3. The van der Waals surface area contributed by atoms with Gasteiger partial charge in [-0.05, 0) is 49.3 Å². The van der Waals surface area contributed by atoms with E-state index in [0.717, 1.165) is 43.9 Å². The van der Waals surface area contributed by atoms with E-state index in [1.54, 1.807) is 11.3 Å². The lowest BCUT2D eigenvalue weighted by atomic mass is 9.95. The Bertz CT molecular complexity index is 1640. The third kappa shape index (κ3) is 3.84. The molecule has 0 unspecified atom stereocenters. The highest BCUT2D eigenvalue weighted by atomic mass is 35.5. The average Bonchev–Trinajstić information content (AvgIpc) is 3.57. The molecule has 0 aliphatic carbocycles. The molecule has 6 rings (SSSR count). The normalized spacial score (nSPS) is 14.9. The maximum absolute atomic E-state index is 12.6. The molecule has 9 nitrogen and oxygen atoms in total. The van der Waals surface area contributed by atoms with Gasteiger partial charge >= 0.3 is 0 Å². The number of thiophene rings is 1. The van der Waals surface area contributed by atoms with E-state index < -0.39 is 10.0 Å². The lowest BCUT2D eigenvalue weighted by Gasteiger charge is -2.29. The lowest BCUT2D eigenvalue weighted by molar-refractivity contribution is 0.396. The number of furan rings is 1. The molecule has 0 saturated heterocycles. The summed E-state index contributed by atoms with van der Waals surface area (Å²) in [4.78, 5) is 7.86. The van der Waals surface area contributed by atoms with E-state index in [1.165, 1.54) is 18.4 Å². The zero-order valence-electron chi connectivity index (χ0n) is 18.9. The van der Waals surface area contributed by atoms with Crippen LogP contribution in [-0.4, -0.2) is 45.5 Å². The fourth-order valence-corrected chi connectivity index (χ4v) is 7.53. The number of aryl methyl sites for hydroxylation is 1. The van der Waals surface area contributed by atoms with E-state index in [0.29, 0.717) is 31.1 Å². The highest BCUT2D eigenvalue weighted by molar-refractivity contribution is 7.91. The minimum atomic E-state index is -3.89. The van der Waals surface area contributed by atoms with E-state index in [2.05, 4.69) is 14.9 Å². The van der Waals surface area contributed by atoms with E-state index in [1.807, 2.05) is 40.7 Å². The van der Waals surface area contributed by atoms with Gasteiger partial charge in [0.15, 0.2) is 10.9 Å². The molecule has 0 amide bonds. The molecule has 5 heterocycles. The van der Waals surface area contributed by atoms with Crippen LogP contribution in [0.5, 0.6) is 0 Å². The van der Waals surface area contributed by atoms with Crippen LogP contribution < -0.4 is 4.72 Å². The van der Waals surface area contributed by atoms with Crippen molar-refractivity contribution in [1.29, 1.82) is 0 Å². The lowest BCUT2D eigenvalue weighted by Crippen LogP contribution is -2.44. The summed E-state index contributed by atoms with van der Waals surface area (Å²) in [5.41, 5.74) is 3.86. The van der Waals surface area contributed by atoms with Crippen molar-refractivity contribution in [2.45, 2.75) is 31.5 Å². The Morgan fingerprint density at radius 1 is 1.22 bits per heavy atom.